The number of rotatable bonds is 5. The molecule has 9 aromatic carbocycles. The Bertz CT molecular complexity index is 3490. The van der Waals surface area contributed by atoms with Crippen LogP contribution in [0.25, 0.3) is 93.0 Å². The molecule has 0 unspecified atom stereocenters. The van der Waals surface area contributed by atoms with Gasteiger partial charge in [-0.1, -0.05) is 146 Å². The number of benzene rings is 9. The predicted octanol–water partition coefficient (Wildman–Crippen LogP) is 14.5. The molecule has 0 aliphatic carbocycles. The van der Waals surface area contributed by atoms with E-state index in [0.29, 0.717) is 11.5 Å². The van der Waals surface area contributed by atoms with E-state index in [-0.39, 0.29) is 0 Å². The molecule has 11 rings (SSSR count). The van der Waals surface area contributed by atoms with Gasteiger partial charge in [0.25, 0.3) is 0 Å². The fourth-order valence-electron chi connectivity index (χ4n) is 8.51. The average Bonchev–Trinajstić information content (AvgIpc) is 3.85. The summed E-state index contributed by atoms with van der Waals surface area (Å²) >= 11 is 0. The van der Waals surface area contributed by atoms with Crippen LogP contribution in [0, 0.1) is 0 Å². The monoisotopic (exact) mass is 730 g/mol. The minimum absolute atomic E-state index is 0.594. The molecule has 4 heteroatoms. The van der Waals surface area contributed by atoms with Gasteiger partial charge in [-0.2, -0.15) is 0 Å². The van der Waals surface area contributed by atoms with Crippen LogP contribution in [0.15, 0.2) is 201 Å². The predicted molar refractivity (Wildman–Crippen MR) is 240 cm³/mol. The highest BCUT2D eigenvalue weighted by atomic mass is 16.3. The number of furan rings is 2. The zero-order valence-corrected chi connectivity index (χ0v) is 31.2. The van der Waals surface area contributed by atoms with Gasteiger partial charge in [-0.3, -0.25) is 0 Å². The van der Waals surface area contributed by atoms with Crippen LogP contribution in [0.1, 0.15) is 23.6 Å². The Balaban J connectivity index is 1.11. The second-order valence-corrected chi connectivity index (χ2v) is 14.6. The Morgan fingerprint density at radius 1 is 0.456 bits per heavy atom. The molecule has 0 radical (unpaired) electrons. The lowest BCUT2D eigenvalue weighted by Crippen LogP contribution is -2.06. The Kier molecular flexibility index (Phi) is 7.51. The van der Waals surface area contributed by atoms with Gasteiger partial charge in [0, 0.05) is 43.8 Å². The molecule has 11 aromatic rings. The lowest BCUT2D eigenvalue weighted by Gasteiger charge is -2.13. The highest BCUT2D eigenvalue weighted by Gasteiger charge is 2.20. The molecule has 2 heterocycles. The lowest BCUT2D eigenvalue weighted by atomic mass is 9.95. The number of fused-ring (bicyclic) bond motifs is 11. The van der Waals surface area contributed by atoms with E-state index in [1.165, 1.54) is 5.39 Å². The Hall–Kier alpha value is -7.56. The molecule has 2 aromatic heterocycles. The van der Waals surface area contributed by atoms with Crippen LogP contribution in [0.4, 0.5) is 0 Å². The van der Waals surface area contributed by atoms with Crippen LogP contribution in [-0.4, -0.2) is 11.5 Å². The van der Waals surface area contributed by atoms with E-state index in [9.17, 15) is 0 Å². The molecule has 0 aliphatic heterocycles. The van der Waals surface area contributed by atoms with Crippen LogP contribution in [0.5, 0.6) is 0 Å². The average molecular weight is 731 g/mol. The molecule has 57 heavy (non-hydrogen) atoms. The summed E-state index contributed by atoms with van der Waals surface area (Å²) in [6, 6.07) is 60.9. The van der Waals surface area contributed by atoms with Crippen molar-refractivity contribution in [2.45, 2.75) is 6.92 Å². The van der Waals surface area contributed by atoms with Crippen LogP contribution in [-0.2, 0) is 0 Å². The van der Waals surface area contributed by atoms with Gasteiger partial charge in [0.15, 0.2) is 5.84 Å². The second kappa shape index (κ2) is 13.0. The number of hydrogen-bond acceptors (Lipinski definition) is 3. The first-order chi connectivity index (χ1) is 28.1. The van der Waals surface area contributed by atoms with E-state index < -0.39 is 0 Å². The maximum Gasteiger partial charge on any atom is 0.160 e. The summed E-state index contributed by atoms with van der Waals surface area (Å²) in [5.74, 6) is 0.594. The smallest absolute Gasteiger partial charge is 0.160 e. The third kappa shape index (κ3) is 5.37. The molecule has 0 saturated carbocycles. The molecule has 0 aliphatic rings. The lowest BCUT2D eigenvalue weighted by molar-refractivity contribution is 0.669. The van der Waals surface area contributed by atoms with Crippen LogP contribution >= 0.6 is 0 Å². The fraction of sp³-hybridized carbons (Fsp3) is 0.0189. The van der Waals surface area contributed by atoms with Crippen molar-refractivity contribution in [1.82, 2.24) is 0 Å². The van der Waals surface area contributed by atoms with Crippen LogP contribution in [0.3, 0.4) is 0 Å². The number of amidine groups is 1. The first kappa shape index (κ1) is 32.8. The van der Waals surface area contributed by atoms with Crippen molar-refractivity contribution in [2.75, 3.05) is 0 Å². The molecular weight excluding hydrogens is 697 g/mol. The van der Waals surface area contributed by atoms with Gasteiger partial charge in [0.05, 0.1) is 5.70 Å². The zero-order valence-electron chi connectivity index (χ0n) is 31.2. The molecule has 268 valence electrons. The Morgan fingerprint density at radius 2 is 1.14 bits per heavy atom. The van der Waals surface area contributed by atoms with E-state index in [1.54, 1.807) is 0 Å². The molecule has 0 fully saturated rings. The van der Waals surface area contributed by atoms with Gasteiger partial charge in [-0.25, -0.2) is 9.98 Å². The quantitative estimate of drug-likeness (QED) is 0.101. The van der Waals surface area contributed by atoms with E-state index in [1.807, 2.05) is 48.5 Å². The van der Waals surface area contributed by atoms with Crippen molar-refractivity contribution >= 4 is 93.4 Å². The van der Waals surface area contributed by atoms with E-state index in [4.69, 9.17) is 18.8 Å². The molecule has 0 N–H and O–H groups in total. The van der Waals surface area contributed by atoms with Gasteiger partial charge in [-0.05, 0) is 86.9 Å². The van der Waals surface area contributed by atoms with E-state index >= 15 is 0 Å². The number of hydrogen-bond donors (Lipinski definition) is 0. The number of aliphatic imine (C=N–C) groups is 2. The number of nitrogens with zero attached hydrogens (tertiary/aromatic N) is 2. The SMILES string of the molecule is C=C(N=C(N=C(C)c1cccc2oc3cccc(-c4ccc5c(c4)oc4c6ccccc6ccc54)c3c12)c1cc2ccccc2c2ccccc12)c1ccccc1. The van der Waals surface area contributed by atoms with E-state index in [0.717, 1.165) is 104 Å². The van der Waals surface area contributed by atoms with E-state index in [2.05, 4.69) is 141 Å². The summed E-state index contributed by atoms with van der Waals surface area (Å²) in [7, 11) is 0. The minimum atomic E-state index is 0.594. The first-order valence-electron chi connectivity index (χ1n) is 19.2. The largest absolute Gasteiger partial charge is 0.456 e. The van der Waals surface area contributed by atoms with Gasteiger partial charge in [0.2, 0.25) is 0 Å². The molecule has 0 spiro atoms. The van der Waals surface area contributed by atoms with Crippen molar-refractivity contribution in [3.63, 3.8) is 0 Å². The summed E-state index contributed by atoms with van der Waals surface area (Å²) in [4.78, 5) is 10.6. The van der Waals surface area contributed by atoms with Crippen molar-refractivity contribution < 1.29 is 8.83 Å². The maximum atomic E-state index is 6.61. The molecule has 0 atom stereocenters. The van der Waals surface area contributed by atoms with Crippen LogP contribution < -0.4 is 0 Å². The summed E-state index contributed by atoms with van der Waals surface area (Å²) in [5.41, 5.74) is 9.78. The summed E-state index contributed by atoms with van der Waals surface area (Å²) < 4.78 is 13.2. The molecule has 0 saturated heterocycles. The maximum absolute atomic E-state index is 6.61. The highest BCUT2D eigenvalue weighted by Crippen LogP contribution is 2.41. The molecule has 0 bridgehead atoms. The summed E-state index contributed by atoms with van der Waals surface area (Å²) in [6.07, 6.45) is 0. The van der Waals surface area contributed by atoms with Gasteiger partial charge in [0.1, 0.15) is 22.3 Å². The highest BCUT2D eigenvalue weighted by molar-refractivity contribution is 6.26. The van der Waals surface area contributed by atoms with Crippen molar-refractivity contribution in [3.05, 3.63) is 199 Å². The summed E-state index contributed by atoms with van der Waals surface area (Å²) in [5, 5.41) is 11.1. The van der Waals surface area contributed by atoms with Gasteiger partial charge < -0.3 is 8.83 Å². The van der Waals surface area contributed by atoms with Gasteiger partial charge >= 0.3 is 0 Å². The van der Waals surface area contributed by atoms with Crippen molar-refractivity contribution in [2.24, 2.45) is 9.98 Å². The summed E-state index contributed by atoms with van der Waals surface area (Å²) in [6.45, 7) is 6.47. The fourth-order valence-corrected chi connectivity index (χ4v) is 8.51. The minimum Gasteiger partial charge on any atom is -0.456 e. The van der Waals surface area contributed by atoms with Crippen LogP contribution in [0.2, 0.25) is 0 Å². The first-order valence-corrected chi connectivity index (χ1v) is 19.2. The molecule has 4 nitrogen and oxygen atoms in total. The molecular formula is C53H34N2O2. The third-order valence-electron chi connectivity index (χ3n) is 11.2. The van der Waals surface area contributed by atoms with Gasteiger partial charge in [-0.15, -0.1) is 0 Å². The topological polar surface area (TPSA) is 51.0 Å². The standard InChI is InChI=1S/C53H34N2O2/c1-32(34-14-4-3-5-15-34)54-53(46-30-36-17-7-8-18-39(36)42-20-10-11-21-43(42)46)55-33(2)38-22-12-24-47-50(38)51-40(23-13-25-48(51)56-47)37-27-28-44-45-29-26-35-16-6-9-19-41(35)52(45)57-49(44)31-37/h3-31H,1H2,2H3. The van der Waals surface area contributed by atoms with Crippen molar-refractivity contribution in [1.29, 1.82) is 0 Å². The second-order valence-electron chi connectivity index (χ2n) is 14.6. The Morgan fingerprint density at radius 3 is 1.98 bits per heavy atom. The normalized spacial score (nSPS) is 12.6. The van der Waals surface area contributed by atoms with Crippen molar-refractivity contribution in [3.8, 4) is 11.1 Å². The Labute approximate surface area is 328 Å². The third-order valence-corrected chi connectivity index (χ3v) is 11.2. The molecule has 0 amide bonds. The zero-order chi connectivity index (χ0) is 38.0.